The number of hydrogen-bond acceptors (Lipinski definition) is 6. The lowest BCUT2D eigenvalue weighted by Gasteiger charge is -2.14. The molecule has 1 aliphatic rings. The molecular weight excluding hydrogens is 420 g/mol. The Morgan fingerprint density at radius 1 is 1.20 bits per heavy atom. The Labute approximate surface area is 184 Å². The van der Waals surface area contributed by atoms with Crippen molar-refractivity contribution in [2.75, 3.05) is 18.5 Å². The maximum Gasteiger partial charge on any atom is 0.266 e. The highest BCUT2D eigenvalue weighted by Gasteiger charge is 2.31. The minimum atomic E-state index is -0.162. The Hall–Kier alpha value is -2.84. The van der Waals surface area contributed by atoms with Crippen LogP contribution in [0.3, 0.4) is 0 Å². The predicted octanol–water partition coefficient (Wildman–Crippen LogP) is 4.41. The van der Waals surface area contributed by atoms with Gasteiger partial charge in [0, 0.05) is 18.7 Å². The van der Waals surface area contributed by atoms with Gasteiger partial charge < -0.3 is 15.2 Å². The molecule has 0 aromatic heterocycles. The molecule has 156 valence electrons. The van der Waals surface area contributed by atoms with Crippen LogP contribution in [0.5, 0.6) is 11.5 Å². The van der Waals surface area contributed by atoms with Crippen LogP contribution in [0.2, 0.25) is 0 Å². The number of rotatable bonds is 8. The summed E-state index contributed by atoms with van der Waals surface area (Å²) in [6.45, 7) is 2.89. The van der Waals surface area contributed by atoms with E-state index in [1.165, 1.54) is 16.7 Å². The minimum absolute atomic E-state index is 0.121. The number of nitrogens with zero attached hydrogens (tertiary/aromatic N) is 1. The lowest BCUT2D eigenvalue weighted by Crippen LogP contribution is -2.29. The molecule has 1 fully saturated rings. The number of thioether (sulfide) groups is 1. The van der Waals surface area contributed by atoms with E-state index in [1.54, 1.807) is 54.6 Å². The molecule has 8 heteroatoms. The van der Waals surface area contributed by atoms with Gasteiger partial charge in [0.05, 0.1) is 11.5 Å². The molecule has 0 spiro atoms. The molecule has 2 amide bonds. The molecule has 2 aromatic rings. The van der Waals surface area contributed by atoms with Crippen molar-refractivity contribution < 1.29 is 19.4 Å². The van der Waals surface area contributed by atoms with E-state index in [0.717, 1.165) is 11.3 Å². The largest absolute Gasteiger partial charge is 0.508 e. The fourth-order valence-electron chi connectivity index (χ4n) is 2.84. The van der Waals surface area contributed by atoms with E-state index in [9.17, 15) is 14.7 Å². The zero-order valence-electron chi connectivity index (χ0n) is 16.5. The number of carbonyl (C=O) groups is 2. The van der Waals surface area contributed by atoms with E-state index >= 15 is 0 Å². The molecule has 6 nitrogen and oxygen atoms in total. The summed E-state index contributed by atoms with van der Waals surface area (Å²) < 4.78 is 5.86. The van der Waals surface area contributed by atoms with Crippen molar-refractivity contribution in [2.24, 2.45) is 0 Å². The van der Waals surface area contributed by atoms with Gasteiger partial charge in [0.2, 0.25) is 5.91 Å². The number of benzene rings is 2. The second-order valence-corrected chi connectivity index (χ2v) is 8.21. The number of phenolic OH excluding ortho intramolecular Hbond substituents is 1. The third kappa shape index (κ3) is 5.84. The fraction of sp³-hybridized carbons (Fsp3) is 0.227. The van der Waals surface area contributed by atoms with E-state index in [2.05, 4.69) is 5.32 Å². The third-order valence-electron chi connectivity index (χ3n) is 4.30. The SMILES string of the molecule is CCOc1ccc(NC(=O)CCCN2C(=O)/C(=C/c3ccc(O)cc3)SC2=S)cc1. The van der Waals surface area contributed by atoms with Gasteiger partial charge in [-0.15, -0.1) is 0 Å². The average molecular weight is 443 g/mol. The Morgan fingerprint density at radius 3 is 2.57 bits per heavy atom. The fourth-order valence-corrected chi connectivity index (χ4v) is 4.15. The van der Waals surface area contributed by atoms with Crippen molar-refractivity contribution in [1.29, 1.82) is 0 Å². The first-order valence-electron chi connectivity index (χ1n) is 9.53. The van der Waals surface area contributed by atoms with Crippen molar-refractivity contribution in [3.8, 4) is 11.5 Å². The molecule has 30 heavy (non-hydrogen) atoms. The lowest BCUT2D eigenvalue weighted by molar-refractivity contribution is -0.122. The number of carbonyl (C=O) groups excluding carboxylic acids is 2. The molecule has 0 saturated carbocycles. The highest BCUT2D eigenvalue weighted by Crippen LogP contribution is 2.33. The normalized spacial score (nSPS) is 15.0. The monoisotopic (exact) mass is 442 g/mol. The zero-order chi connectivity index (χ0) is 21.5. The smallest absolute Gasteiger partial charge is 0.266 e. The summed E-state index contributed by atoms with van der Waals surface area (Å²) in [7, 11) is 0. The number of amides is 2. The summed E-state index contributed by atoms with van der Waals surface area (Å²) in [6, 6.07) is 13.8. The summed E-state index contributed by atoms with van der Waals surface area (Å²) >= 11 is 6.57. The number of aromatic hydroxyl groups is 1. The quantitative estimate of drug-likeness (QED) is 0.466. The van der Waals surface area contributed by atoms with Crippen molar-refractivity contribution in [3.05, 3.63) is 59.0 Å². The van der Waals surface area contributed by atoms with Gasteiger partial charge >= 0.3 is 0 Å². The van der Waals surface area contributed by atoms with Gasteiger partial charge in [-0.3, -0.25) is 14.5 Å². The lowest BCUT2D eigenvalue weighted by atomic mass is 10.2. The molecule has 1 heterocycles. The van der Waals surface area contributed by atoms with E-state index in [-0.39, 0.29) is 24.0 Å². The Balaban J connectivity index is 1.49. The first-order valence-corrected chi connectivity index (χ1v) is 10.8. The second kappa shape index (κ2) is 10.3. The third-order valence-corrected chi connectivity index (χ3v) is 5.68. The van der Waals surface area contributed by atoms with E-state index in [4.69, 9.17) is 17.0 Å². The van der Waals surface area contributed by atoms with Crippen molar-refractivity contribution in [3.63, 3.8) is 0 Å². The molecule has 0 bridgehead atoms. The van der Waals surface area contributed by atoms with Crippen LogP contribution >= 0.6 is 24.0 Å². The molecule has 0 atom stereocenters. The molecule has 0 unspecified atom stereocenters. The number of phenols is 1. The van der Waals surface area contributed by atoms with Gasteiger partial charge in [-0.25, -0.2) is 0 Å². The van der Waals surface area contributed by atoms with Crippen molar-refractivity contribution in [1.82, 2.24) is 4.90 Å². The molecule has 3 rings (SSSR count). The number of thiocarbonyl (C=S) groups is 1. The molecule has 1 saturated heterocycles. The van der Waals surface area contributed by atoms with Gasteiger partial charge in [0.25, 0.3) is 5.91 Å². The van der Waals surface area contributed by atoms with Crippen LogP contribution in [0.4, 0.5) is 5.69 Å². The number of ether oxygens (including phenoxy) is 1. The topological polar surface area (TPSA) is 78.9 Å². The summed E-state index contributed by atoms with van der Waals surface area (Å²) in [6.07, 6.45) is 2.53. The minimum Gasteiger partial charge on any atom is -0.508 e. The second-order valence-electron chi connectivity index (χ2n) is 6.53. The molecule has 0 aliphatic carbocycles. The van der Waals surface area contributed by atoms with Crippen LogP contribution < -0.4 is 10.1 Å². The average Bonchev–Trinajstić information content (AvgIpc) is 2.99. The summed E-state index contributed by atoms with van der Waals surface area (Å²) in [5.41, 5.74) is 1.51. The van der Waals surface area contributed by atoms with Crippen LogP contribution in [0, 0.1) is 0 Å². The summed E-state index contributed by atoms with van der Waals surface area (Å²) in [4.78, 5) is 26.9. The summed E-state index contributed by atoms with van der Waals surface area (Å²) in [5.74, 6) is 0.641. The van der Waals surface area contributed by atoms with Gasteiger partial charge in [-0.1, -0.05) is 36.1 Å². The van der Waals surface area contributed by atoms with Crippen LogP contribution in [-0.2, 0) is 9.59 Å². The van der Waals surface area contributed by atoms with E-state index < -0.39 is 0 Å². The van der Waals surface area contributed by atoms with Gasteiger partial charge in [-0.05, 0) is 61.4 Å². The highest BCUT2D eigenvalue weighted by molar-refractivity contribution is 8.26. The van der Waals surface area contributed by atoms with Crippen molar-refractivity contribution in [2.45, 2.75) is 19.8 Å². The number of hydrogen-bond donors (Lipinski definition) is 2. The molecule has 2 N–H and O–H groups in total. The molecule has 1 aliphatic heterocycles. The van der Waals surface area contributed by atoms with E-state index in [0.29, 0.717) is 34.5 Å². The van der Waals surface area contributed by atoms with Crippen LogP contribution in [0.15, 0.2) is 53.4 Å². The predicted molar refractivity (Wildman–Crippen MR) is 123 cm³/mol. The number of anilines is 1. The van der Waals surface area contributed by atoms with Crippen LogP contribution in [0.1, 0.15) is 25.3 Å². The Bertz CT molecular complexity index is 956. The Morgan fingerprint density at radius 2 is 1.90 bits per heavy atom. The number of nitrogens with one attached hydrogen (secondary N) is 1. The van der Waals surface area contributed by atoms with E-state index in [1.807, 2.05) is 6.92 Å². The molecule has 0 radical (unpaired) electrons. The molecule has 2 aromatic carbocycles. The van der Waals surface area contributed by atoms with Crippen LogP contribution in [-0.4, -0.2) is 39.3 Å². The molecular formula is C22H22N2O4S2. The van der Waals surface area contributed by atoms with Gasteiger partial charge in [0.15, 0.2) is 0 Å². The maximum absolute atomic E-state index is 12.6. The van der Waals surface area contributed by atoms with Gasteiger partial charge in [0.1, 0.15) is 15.8 Å². The summed E-state index contributed by atoms with van der Waals surface area (Å²) in [5, 5.41) is 12.2. The van der Waals surface area contributed by atoms with Crippen molar-refractivity contribution >= 4 is 51.9 Å². The van der Waals surface area contributed by atoms with Crippen LogP contribution in [0.25, 0.3) is 6.08 Å². The highest BCUT2D eigenvalue weighted by atomic mass is 32.2. The first-order chi connectivity index (χ1) is 14.5. The Kier molecular flexibility index (Phi) is 7.48. The standard InChI is InChI=1S/C22H22N2O4S2/c1-2-28-18-11-7-16(8-12-18)23-20(26)4-3-13-24-21(27)19(30-22(24)29)14-15-5-9-17(25)10-6-15/h5-12,14,25H,2-4,13H2,1H3,(H,23,26)/b19-14-. The maximum atomic E-state index is 12.6. The van der Waals surface area contributed by atoms with Gasteiger partial charge in [-0.2, -0.15) is 0 Å². The first kappa shape index (κ1) is 21.9. The zero-order valence-corrected chi connectivity index (χ0v) is 18.1.